The Balaban J connectivity index is 0.000000442. The number of hydrogen-bond acceptors (Lipinski definition) is 2. The molecular formula is C11H18ClN3. The van der Waals surface area contributed by atoms with Crippen LogP contribution < -0.4 is 0 Å². The van der Waals surface area contributed by atoms with Crippen molar-refractivity contribution in [3.8, 4) is 0 Å². The Morgan fingerprint density at radius 3 is 2.40 bits per heavy atom. The fourth-order valence-electron chi connectivity index (χ4n) is 1.02. The highest BCUT2D eigenvalue weighted by atomic mass is 35.5. The highest BCUT2D eigenvalue weighted by Gasteiger charge is 2.00. The van der Waals surface area contributed by atoms with Gasteiger partial charge < -0.3 is 0 Å². The molecule has 3 nitrogen and oxygen atoms in total. The molecule has 0 aliphatic rings. The molecule has 0 saturated carbocycles. The van der Waals surface area contributed by atoms with Crippen molar-refractivity contribution in [3.05, 3.63) is 23.1 Å². The van der Waals surface area contributed by atoms with Crippen LogP contribution in [0.1, 0.15) is 33.4 Å². The molecule has 2 rings (SSSR count). The van der Waals surface area contributed by atoms with E-state index in [2.05, 4.69) is 15.2 Å². The standard InChI is InChI=1S/C7H6ClN3.2C2H6/c1-4-5-2-7(8)9-3-6(5)11-10-4;2*1-2/h2-3H,1H3,(H,10,11);2*1-2H3. The van der Waals surface area contributed by atoms with Crippen molar-refractivity contribution in [2.45, 2.75) is 34.6 Å². The molecule has 1 N–H and O–H groups in total. The summed E-state index contributed by atoms with van der Waals surface area (Å²) < 4.78 is 0. The van der Waals surface area contributed by atoms with E-state index in [1.807, 2.05) is 34.6 Å². The van der Waals surface area contributed by atoms with Gasteiger partial charge >= 0.3 is 0 Å². The molecule has 84 valence electrons. The zero-order chi connectivity index (χ0) is 11.8. The van der Waals surface area contributed by atoms with Gasteiger partial charge in [0.2, 0.25) is 0 Å². The number of aromatic amines is 1. The van der Waals surface area contributed by atoms with Crippen LogP contribution in [-0.4, -0.2) is 15.2 Å². The lowest BCUT2D eigenvalue weighted by molar-refractivity contribution is 1.07. The van der Waals surface area contributed by atoms with Gasteiger partial charge in [0.05, 0.1) is 6.20 Å². The fourth-order valence-corrected chi connectivity index (χ4v) is 1.17. The van der Waals surface area contributed by atoms with Gasteiger partial charge in [-0.25, -0.2) is 4.98 Å². The molecule has 0 spiro atoms. The molecule has 0 aromatic carbocycles. The summed E-state index contributed by atoms with van der Waals surface area (Å²) in [5.41, 5.74) is 1.87. The molecule has 2 aromatic rings. The van der Waals surface area contributed by atoms with E-state index in [9.17, 15) is 0 Å². The third-order valence-electron chi connectivity index (χ3n) is 1.60. The van der Waals surface area contributed by atoms with Crippen LogP contribution in [0, 0.1) is 6.92 Å². The molecule has 2 heterocycles. The zero-order valence-electron chi connectivity index (χ0n) is 9.93. The second-order valence-corrected chi connectivity index (χ2v) is 2.76. The summed E-state index contributed by atoms with van der Waals surface area (Å²) in [5, 5.41) is 8.40. The van der Waals surface area contributed by atoms with E-state index in [1.165, 1.54) is 0 Å². The van der Waals surface area contributed by atoms with Crippen LogP contribution in [0.4, 0.5) is 0 Å². The van der Waals surface area contributed by atoms with Crippen LogP contribution >= 0.6 is 11.6 Å². The first-order valence-corrected chi connectivity index (χ1v) is 5.61. The van der Waals surface area contributed by atoms with E-state index in [1.54, 1.807) is 12.3 Å². The largest absolute Gasteiger partial charge is 0.282 e. The first kappa shape index (κ1) is 13.9. The van der Waals surface area contributed by atoms with Gasteiger partial charge in [-0.05, 0) is 13.0 Å². The highest BCUT2D eigenvalue weighted by Crippen LogP contribution is 2.16. The summed E-state index contributed by atoms with van der Waals surface area (Å²) in [6, 6.07) is 1.80. The number of fused-ring (bicyclic) bond motifs is 1. The van der Waals surface area contributed by atoms with Crippen molar-refractivity contribution in [2.24, 2.45) is 0 Å². The molecule has 0 unspecified atom stereocenters. The minimum absolute atomic E-state index is 0.502. The lowest BCUT2D eigenvalue weighted by Crippen LogP contribution is -1.74. The van der Waals surface area contributed by atoms with Crippen LogP contribution in [0.25, 0.3) is 10.9 Å². The summed E-state index contributed by atoms with van der Waals surface area (Å²) in [7, 11) is 0. The normalized spacial score (nSPS) is 8.67. The lowest BCUT2D eigenvalue weighted by atomic mass is 10.3. The predicted molar refractivity (Wildman–Crippen MR) is 66.3 cm³/mol. The molecule has 0 saturated heterocycles. The Morgan fingerprint density at radius 1 is 1.20 bits per heavy atom. The van der Waals surface area contributed by atoms with Gasteiger partial charge in [-0.2, -0.15) is 5.10 Å². The summed E-state index contributed by atoms with van der Waals surface area (Å²) in [6.45, 7) is 9.95. The maximum absolute atomic E-state index is 5.69. The van der Waals surface area contributed by atoms with Gasteiger partial charge in [0, 0.05) is 11.1 Å². The quantitative estimate of drug-likeness (QED) is 0.692. The molecule has 0 aliphatic heterocycles. The van der Waals surface area contributed by atoms with Crippen molar-refractivity contribution in [1.82, 2.24) is 15.2 Å². The molecule has 2 aromatic heterocycles. The van der Waals surface area contributed by atoms with E-state index in [-0.39, 0.29) is 0 Å². The molecule has 0 amide bonds. The number of nitrogens with zero attached hydrogens (tertiary/aromatic N) is 2. The second-order valence-electron chi connectivity index (χ2n) is 2.37. The number of halogens is 1. The molecule has 0 radical (unpaired) electrons. The number of aromatic nitrogens is 3. The van der Waals surface area contributed by atoms with Gasteiger partial charge in [-0.1, -0.05) is 39.3 Å². The SMILES string of the molecule is CC.CC.Cc1[nH]nc2cnc(Cl)cc12. The predicted octanol–water partition coefficient (Wildman–Crippen LogP) is 3.97. The number of pyridine rings is 1. The second kappa shape index (κ2) is 7.23. The van der Waals surface area contributed by atoms with Crippen molar-refractivity contribution in [2.75, 3.05) is 0 Å². The summed E-state index contributed by atoms with van der Waals surface area (Å²) in [4.78, 5) is 3.90. The third-order valence-corrected chi connectivity index (χ3v) is 1.80. The molecule has 0 bridgehead atoms. The average Bonchev–Trinajstić information content (AvgIpc) is 2.66. The minimum Gasteiger partial charge on any atom is -0.282 e. The molecule has 4 heteroatoms. The Labute approximate surface area is 95.9 Å². The minimum atomic E-state index is 0.502. The monoisotopic (exact) mass is 227 g/mol. The highest BCUT2D eigenvalue weighted by molar-refractivity contribution is 6.30. The number of rotatable bonds is 0. The summed E-state index contributed by atoms with van der Waals surface area (Å²) >= 11 is 5.69. The van der Waals surface area contributed by atoms with Gasteiger partial charge in [0.25, 0.3) is 0 Å². The van der Waals surface area contributed by atoms with Crippen molar-refractivity contribution in [1.29, 1.82) is 0 Å². The number of hydrogen-bond donors (Lipinski definition) is 1. The van der Waals surface area contributed by atoms with Gasteiger partial charge in [-0.3, -0.25) is 5.10 Å². The Morgan fingerprint density at radius 2 is 1.80 bits per heavy atom. The van der Waals surface area contributed by atoms with Gasteiger partial charge in [0.1, 0.15) is 10.7 Å². The molecule has 15 heavy (non-hydrogen) atoms. The zero-order valence-corrected chi connectivity index (χ0v) is 10.7. The van der Waals surface area contributed by atoms with Crippen LogP contribution in [0.2, 0.25) is 5.15 Å². The summed E-state index contributed by atoms with van der Waals surface area (Å²) in [6.07, 6.45) is 1.65. The van der Waals surface area contributed by atoms with E-state index in [4.69, 9.17) is 11.6 Å². The number of nitrogens with one attached hydrogen (secondary N) is 1. The Bertz CT molecular complexity index is 396. The first-order valence-electron chi connectivity index (χ1n) is 5.23. The maximum Gasteiger partial charge on any atom is 0.129 e. The van der Waals surface area contributed by atoms with E-state index in [0.29, 0.717) is 5.15 Å². The first-order chi connectivity index (χ1) is 7.27. The third kappa shape index (κ3) is 3.51. The molecule has 0 aliphatic carbocycles. The van der Waals surface area contributed by atoms with Crippen LogP contribution in [0.5, 0.6) is 0 Å². The summed E-state index contributed by atoms with van der Waals surface area (Å²) in [5.74, 6) is 0. The van der Waals surface area contributed by atoms with Gasteiger partial charge in [0.15, 0.2) is 0 Å². The van der Waals surface area contributed by atoms with Crippen LogP contribution in [0.3, 0.4) is 0 Å². The van der Waals surface area contributed by atoms with Crippen molar-refractivity contribution in [3.63, 3.8) is 0 Å². The Hall–Kier alpha value is -1.09. The van der Waals surface area contributed by atoms with E-state index < -0.39 is 0 Å². The fraction of sp³-hybridized carbons (Fsp3) is 0.455. The lowest BCUT2D eigenvalue weighted by Gasteiger charge is -1.88. The van der Waals surface area contributed by atoms with Crippen molar-refractivity contribution < 1.29 is 0 Å². The van der Waals surface area contributed by atoms with Gasteiger partial charge in [-0.15, -0.1) is 0 Å². The van der Waals surface area contributed by atoms with Crippen LogP contribution in [-0.2, 0) is 0 Å². The molecule has 0 atom stereocenters. The number of aryl methyl sites for hydroxylation is 1. The molecular weight excluding hydrogens is 210 g/mol. The molecule has 0 fully saturated rings. The Kier molecular flexibility index (Phi) is 6.71. The van der Waals surface area contributed by atoms with Crippen LogP contribution in [0.15, 0.2) is 12.3 Å². The number of H-pyrrole nitrogens is 1. The van der Waals surface area contributed by atoms with E-state index in [0.717, 1.165) is 16.6 Å². The average molecular weight is 228 g/mol. The maximum atomic E-state index is 5.69. The smallest absolute Gasteiger partial charge is 0.129 e. The topological polar surface area (TPSA) is 41.6 Å². The van der Waals surface area contributed by atoms with Crippen molar-refractivity contribution >= 4 is 22.5 Å². The van der Waals surface area contributed by atoms with E-state index >= 15 is 0 Å².